The van der Waals surface area contributed by atoms with Gasteiger partial charge < -0.3 is 10.2 Å². The van der Waals surface area contributed by atoms with Crippen LogP contribution in [0.1, 0.15) is 51.9 Å². The van der Waals surface area contributed by atoms with Gasteiger partial charge >= 0.3 is 0 Å². The standard InChI is InChI=1S/C13H28N2/c1-4-5-6-10-15(3)13-9-7-8-12(11-13)14-2/h12-14H,4-11H2,1-3H3. The van der Waals surface area contributed by atoms with Crippen molar-refractivity contribution >= 4 is 0 Å². The zero-order chi connectivity index (χ0) is 11.1. The van der Waals surface area contributed by atoms with E-state index in [4.69, 9.17) is 0 Å². The highest BCUT2D eigenvalue weighted by molar-refractivity contribution is 4.81. The second-order valence-electron chi connectivity index (χ2n) is 4.99. The van der Waals surface area contributed by atoms with Gasteiger partial charge in [-0.2, -0.15) is 0 Å². The first kappa shape index (κ1) is 13.0. The first-order valence-corrected chi connectivity index (χ1v) is 6.65. The lowest BCUT2D eigenvalue weighted by atomic mass is 9.90. The molecule has 0 amide bonds. The third-order valence-electron chi connectivity index (χ3n) is 3.79. The SMILES string of the molecule is CCCCCN(C)C1CCCC(NC)C1. The Labute approximate surface area is 95.4 Å². The van der Waals surface area contributed by atoms with Crippen LogP contribution in [0.4, 0.5) is 0 Å². The van der Waals surface area contributed by atoms with Gasteiger partial charge in [-0.05, 0) is 46.3 Å². The average molecular weight is 212 g/mol. The van der Waals surface area contributed by atoms with Gasteiger partial charge in [0.05, 0.1) is 0 Å². The zero-order valence-electron chi connectivity index (χ0n) is 10.8. The minimum Gasteiger partial charge on any atom is -0.317 e. The maximum Gasteiger partial charge on any atom is 0.0107 e. The van der Waals surface area contributed by atoms with E-state index < -0.39 is 0 Å². The summed E-state index contributed by atoms with van der Waals surface area (Å²) in [6.07, 6.45) is 9.60. The Balaban J connectivity index is 2.22. The molecule has 0 spiro atoms. The van der Waals surface area contributed by atoms with Crippen LogP contribution in [-0.2, 0) is 0 Å². The smallest absolute Gasteiger partial charge is 0.0107 e. The Bertz CT molecular complexity index is 159. The predicted octanol–water partition coefficient (Wildman–Crippen LogP) is 2.64. The number of hydrogen-bond donors (Lipinski definition) is 1. The van der Waals surface area contributed by atoms with Crippen molar-refractivity contribution in [2.75, 3.05) is 20.6 Å². The molecule has 15 heavy (non-hydrogen) atoms. The first-order chi connectivity index (χ1) is 7.27. The summed E-state index contributed by atoms with van der Waals surface area (Å²) >= 11 is 0. The van der Waals surface area contributed by atoms with E-state index >= 15 is 0 Å². The monoisotopic (exact) mass is 212 g/mol. The van der Waals surface area contributed by atoms with Gasteiger partial charge in [-0.1, -0.05) is 26.2 Å². The molecule has 0 saturated heterocycles. The average Bonchev–Trinajstić information content (AvgIpc) is 2.29. The fourth-order valence-electron chi connectivity index (χ4n) is 2.62. The normalized spacial score (nSPS) is 27.2. The summed E-state index contributed by atoms with van der Waals surface area (Å²) in [5.41, 5.74) is 0. The van der Waals surface area contributed by atoms with Crippen LogP contribution >= 0.6 is 0 Å². The number of unbranched alkanes of at least 4 members (excludes halogenated alkanes) is 2. The predicted molar refractivity (Wildman–Crippen MR) is 67.3 cm³/mol. The molecule has 1 fully saturated rings. The minimum absolute atomic E-state index is 0.761. The molecule has 1 N–H and O–H groups in total. The molecule has 1 aliphatic rings. The quantitative estimate of drug-likeness (QED) is 0.681. The van der Waals surface area contributed by atoms with Crippen LogP contribution in [-0.4, -0.2) is 37.6 Å². The highest BCUT2D eigenvalue weighted by Gasteiger charge is 2.23. The number of rotatable bonds is 6. The molecule has 2 heteroatoms. The van der Waals surface area contributed by atoms with E-state index in [1.54, 1.807) is 0 Å². The van der Waals surface area contributed by atoms with Crippen molar-refractivity contribution < 1.29 is 0 Å². The number of nitrogens with one attached hydrogen (secondary N) is 1. The second-order valence-corrected chi connectivity index (χ2v) is 4.99. The van der Waals surface area contributed by atoms with E-state index in [-0.39, 0.29) is 0 Å². The summed E-state index contributed by atoms with van der Waals surface area (Å²) in [4.78, 5) is 2.58. The van der Waals surface area contributed by atoms with E-state index in [1.165, 1.54) is 51.5 Å². The lowest BCUT2D eigenvalue weighted by Gasteiger charge is -2.35. The van der Waals surface area contributed by atoms with Crippen LogP contribution in [0.15, 0.2) is 0 Å². The maximum atomic E-state index is 3.43. The summed E-state index contributed by atoms with van der Waals surface area (Å²) in [7, 11) is 4.41. The summed E-state index contributed by atoms with van der Waals surface area (Å²) < 4.78 is 0. The molecule has 0 aliphatic heterocycles. The number of hydrogen-bond acceptors (Lipinski definition) is 2. The highest BCUT2D eigenvalue weighted by atomic mass is 15.1. The molecule has 1 saturated carbocycles. The molecule has 0 aromatic carbocycles. The Kier molecular flexibility index (Phi) is 6.26. The molecule has 0 aromatic heterocycles. The van der Waals surface area contributed by atoms with E-state index in [2.05, 4.69) is 31.2 Å². The molecule has 0 radical (unpaired) electrons. The molecule has 1 rings (SSSR count). The fourth-order valence-corrected chi connectivity index (χ4v) is 2.62. The van der Waals surface area contributed by atoms with Gasteiger partial charge in [0.1, 0.15) is 0 Å². The Morgan fingerprint density at radius 3 is 2.73 bits per heavy atom. The summed E-state index contributed by atoms with van der Waals surface area (Å²) in [6.45, 7) is 3.56. The molecular formula is C13H28N2. The maximum absolute atomic E-state index is 3.43. The van der Waals surface area contributed by atoms with Gasteiger partial charge in [0.25, 0.3) is 0 Å². The van der Waals surface area contributed by atoms with Crippen molar-refractivity contribution in [1.29, 1.82) is 0 Å². The van der Waals surface area contributed by atoms with Crippen LogP contribution in [0.2, 0.25) is 0 Å². The van der Waals surface area contributed by atoms with Gasteiger partial charge in [-0.3, -0.25) is 0 Å². The van der Waals surface area contributed by atoms with E-state index in [0.29, 0.717) is 0 Å². The molecule has 90 valence electrons. The van der Waals surface area contributed by atoms with Gasteiger partial charge in [0.15, 0.2) is 0 Å². The molecule has 2 unspecified atom stereocenters. The largest absolute Gasteiger partial charge is 0.317 e. The van der Waals surface area contributed by atoms with Gasteiger partial charge in [0, 0.05) is 12.1 Å². The van der Waals surface area contributed by atoms with Crippen molar-refractivity contribution in [3.63, 3.8) is 0 Å². The third-order valence-corrected chi connectivity index (χ3v) is 3.79. The van der Waals surface area contributed by atoms with Crippen molar-refractivity contribution in [3.8, 4) is 0 Å². The first-order valence-electron chi connectivity index (χ1n) is 6.65. The Morgan fingerprint density at radius 2 is 2.07 bits per heavy atom. The number of nitrogens with zero attached hydrogens (tertiary/aromatic N) is 1. The fraction of sp³-hybridized carbons (Fsp3) is 1.00. The third kappa shape index (κ3) is 4.52. The van der Waals surface area contributed by atoms with Crippen LogP contribution in [0.5, 0.6) is 0 Å². The zero-order valence-corrected chi connectivity index (χ0v) is 10.8. The molecule has 2 nitrogen and oxygen atoms in total. The topological polar surface area (TPSA) is 15.3 Å². The molecule has 0 heterocycles. The molecule has 0 aromatic rings. The van der Waals surface area contributed by atoms with Crippen LogP contribution < -0.4 is 5.32 Å². The van der Waals surface area contributed by atoms with Crippen molar-refractivity contribution in [3.05, 3.63) is 0 Å². The van der Waals surface area contributed by atoms with Crippen LogP contribution in [0, 0.1) is 0 Å². The van der Waals surface area contributed by atoms with E-state index in [0.717, 1.165) is 12.1 Å². The van der Waals surface area contributed by atoms with Crippen molar-refractivity contribution in [1.82, 2.24) is 10.2 Å². The molecule has 0 bridgehead atoms. The van der Waals surface area contributed by atoms with E-state index in [1.807, 2.05) is 0 Å². The molecule has 1 aliphatic carbocycles. The lowest BCUT2D eigenvalue weighted by Crippen LogP contribution is -2.42. The molecular weight excluding hydrogens is 184 g/mol. The minimum atomic E-state index is 0.761. The highest BCUT2D eigenvalue weighted by Crippen LogP contribution is 2.22. The van der Waals surface area contributed by atoms with E-state index in [9.17, 15) is 0 Å². The Morgan fingerprint density at radius 1 is 1.27 bits per heavy atom. The van der Waals surface area contributed by atoms with Gasteiger partial charge in [-0.15, -0.1) is 0 Å². The summed E-state index contributed by atoms with van der Waals surface area (Å²) in [5.74, 6) is 0. The summed E-state index contributed by atoms with van der Waals surface area (Å²) in [5, 5.41) is 3.43. The van der Waals surface area contributed by atoms with Crippen molar-refractivity contribution in [2.24, 2.45) is 0 Å². The van der Waals surface area contributed by atoms with Gasteiger partial charge in [-0.25, -0.2) is 0 Å². The van der Waals surface area contributed by atoms with Gasteiger partial charge in [0.2, 0.25) is 0 Å². The van der Waals surface area contributed by atoms with Crippen molar-refractivity contribution in [2.45, 2.75) is 64.0 Å². The summed E-state index contributed by atoms with van der Waals surface area (Å²) in [6, 6.07) is 1.59. The molecule has 2 atom stereocenters. The Hall–Kier alpha value is -0.0800. The second kappa shape index (κ2) is 7.24. The van der Waals surface area contributed by atoms with Crippen LogP contribution in [0.3, 0.4) is 0 Å². The van der Waals surface area contributed by atoms with Crippen LogP contribution in [0.25, 0.3) is 0 Å². The lowest BCUT2D eigenvalue weighted by molar-refractivity contribution is 0.169.